The molecule has 0 aromatic heterocycles. The van der Waals surface area contributed by atoms with Gasteiger partial charge in [-0.25, -0.2) is 4.79 Å². The molecule has 0 aliphatic heterocycles. The Hall–Kier alpha value is -2.95. The summed E-state index contributed by atoms with van der Waals surface area (Å²) in [5, 5.41) is 2.73. The third-order valence-electron chi connectivity index (χ3n) is 4.59. The van der Waals surface area contributed by atoms with Crippen molar-refractivity contribution in [1.29, 1.82) is 0 Å². The van der Waals surface area contributed by atoms with Crippen molar-refractivity contribution in [3.8, 4) is 0 Å². The van der Waals surface area contributed by atoms with Crippen molar-refractivity contribution in [3.05, 3.63) is 64.7 Å². The third kappa shape index (κ3) is 4.17. The van der Waals surface area contributed by atoms with Gasteiger partial charge in [-0.05, 0) is 60.7 Å². The second-order valence-electron chi connectivity index (χ2n) is 6.38. The molecule has 0 atom stereocenters. The summed E-state index contributed by atoms with van der Waals surface area (Å²) in [6.07, 6.45) is 3.54. The van der Waals surface area contributed by atoms with Crippen molar-refractivity contribution >= 4 is 23.3 Å². The average Bonchev–Trinajstić information content (AvgIpc) is 3.13. The van der Waals surface area contributed by atoms with E-state index in [9.17, 15) is 14.4 Å². The molecule has 1 amide bonds. The Bertz CT molecular complexity index is 840. The van der Waals surface area contributed by atoms with E-state index in [1.807, 2.05) is 18.2 Å². The van der Waals surface area contributed by atoms with Crippen LogP contribution < -0.4 is 5.32 Å². The van der Waals surface area contributed by atoms with Gasteiger partial charge in [0, 0.05) is 24.1 Å². The Kier molecular flexibility index (Phi) is 5.46. The van der Waals surface area contributed by atoms with E-state index in [4.69, 9.17) is 0 Å². The first kappa shape index (κ1) is 17.9. The molecule has 1 aliphatic rings. The first-order valence-electron chi connectivity index (χ1n) is 8.70. The maximum absolute atomic E-state index is 12.3. The molecule has 2 aromatic rings. The Balaban J connectivity index is 1.52. The molecular formula is C21H21NO4. The second-order valence-corrected chi connectivity index (χ2v) is 6.38. The van der Waals surface area contributed by atoms with Crippen LogP contribution in [-0.2, 0) is 22.4 Å². The second kappa shape index (κ2) is 7.95. The van der Waals surface area contributed by atoms with Crippen LogP contribution >= 0.6 is 0 Å². The van der Waals surface area contributed by atoms with E-state index in [0.717, 1.165) is 19.3 Å². The number of ketones is 1. The fraction of sp³-hybridized carbons (Fsp3) is 0.286. The number of nitrogens with one attached hydrogen (secondary N) is 1. The molecule has 0 fully saturated rings. The molecule has 0 unspecified atom stereocenters. The molecule has 26 heavy (non-hydrogen) atoms. The van der Waals surface area contributed by atoms with Gasteiger partial charge in [-0.2, -0.15) is 0 Å². The van der Waals surface area contributed by atoms with Gasteiger partial charge < -0.3 is 10.1 Å². The highest BCUT2D eigenvalue weighted by molar-refractivity contribution is 6.00. The fourth-order valence-corrected chi connectivity index (χ4v) is 3.15. The number of benzene rings is 2. The summed E-state index contributed by atoms with van der Waals surface area (Å²) in [6.45, 7) is 0. The summed E-state index contributed by atoms with van der Waals surface area (Å²) in [5.41, 5.74) is 4.26. The highest BCUT2D eigenvalue weighted by Crippen LogP contribution is 2.23. The van der Waals surface area contributed by atoms with Gasteiger partial charge in [-0.1, -0.05) is 12.1 Å². The SMILES string of the molecule is COC(=O)c1ccc(NC(=O)CCC(=O)c2ccc3c(c2)CCC3)cc1. The Morgan fingerprint density at radius 3 is 2.35 bits per heavy atom. The van der Waals surface area contributed by atoms with E-state index in [0.29, 0.717) is 16.8 Å². The van der Waals surface area contributed by atoms with Gasteiger partial charge in [0.1, 0.15) is 0 Å². The monoisotopic (exact) mass is 351 g/mol. The van der Waals surface area contributed by atoms with E-state index in [-0.39, 0.29) is 24.5 Å². The minimum Gasteiger partial charge on any atom is -0.465 e. The number of aryl methyl sites for hydroxylation is 2. The minimum atomic E-state index is -0.428. The summed E-state index contributed by atoms with van der Waals surface area (Å²) in [5.74, 6) is -0.677. The Morgan fingerprint density at radius 2 is 1.62 bits per heavy atom. The first-order valence-corrected chi connectivity index (χ1v) is 8.70. The molecule has 1 N–H and O–H groups in total. The molecule has 0 spiro atoms. The van der Waals surface area contributed by atoms with E-state index < -0.39 is 5.97 Å². The molecule has 0 saturated carbocycles. The number of ether oxygens (including phenoxy) is 1. The molecule has 0 bridgehead atoms. The number of fused-ring (bicyclic) bond motifs is 1. The number of rotatable bonds is 6. The van der Waals surface area contributed by atoms with Crippen LogP contribution in [0.1, 0.15) is 51.1 Å². The lowest BCUT2D eigenvalue weighted by molar-refractivity contribution is -0.116. The van der Waals surface area contributed by atoms with Gasteiger partial charge in [-0.15, -0.1) is 0 Å². The quantitative estimate of drug-likeness (QED) is 0.638. The summed E-state index contributed by atoms with van der Waals surface area (Å²) in [7, 11) is 1.32. The number of hydrogen-bond donors (Lipinski definition) is 1. The maximum Gasteiger partial charge on any atom is 0.337 e. The van der Waals surface area contributed by atoms with Crippen LogP contribution in [0.2, 0.25) is 0 Å². The fourth-order valence-electron chi connectivity index (χ4n) is 3.15. The van der Waals surface area contributed by atoms with Crippen molar-refractivity contribution in [2.45, 2.75) is 32.1 Å². The van der Waals surface area contributed by atoms with Crippen LogP contribution in [0.4, 0.5) is 5.69 Å². The van der Waals surface area contributed by atoms with Crippen LogP contribution in [0, 0.1) is 0 Å². The van der Waals surface area contributed by atoms with Crippen LogP contribution in [0.15, 0.2) is 42.5 Å². The molecule has 3 rings (SSSR count). The topological polar surface area (TPSA) is 72.5 Å². The third-order valence-corrected chi connectivity index (χ3v) is 4.59. The van der Waals surface area contributed by atoms with Gasteiger partial charge in [0.2, 0.25) is 5.91 Å². The minimum absolute atomic E-state index is 0.0177. The van der Waals surface area contributed by atoms with Crippen LogP contribution in [-0.4, -0.2) is 24.8 Å². The maximum atomic E-state index is 12.3. The number of carbonyl (C=O) groups is 3. The Morgan fingerprint density at radius 1 is 0.923 bits per heavy atom. The molecule has 0 radical (unpaired) electrons. The zero-order chi connectivity index (χ0) is 18.5. The van der Waals surface area contributed by atoms with Crippen LogP contribution in [0.25, 0.3) is 0 Å². The molecule has 5 heteroatoms. The molecular weight excluding hydrogens is 330 g/mol. The summed E-state index contributed by atoms with van der Waals surface area (Å²) < 4.78 is 4.63. The number of Topliss-reactive ketones (excluding diaryl/α,β-unsaturated/α-hetero) is 1. The number of hydrogen-bond acceptors (Lipinski definition) is 4. The number of amides is 1. The van der Waals surface area contributed by atoms with E-state index in [2.05, 4.69) is 10.1 Å². The molecule has 0 heterocycles. The zero-order valence-electron chi connectivity index (χ0n) is 14.7. The van der Waals surface area contributed by atoms with Crippen LogP contribution in [0.5, 0.6) is 0 Å². The smallest absolute Gasteiger partial charge is 0.337 e. The van der Waals surface area contributed by atoms with Gasteiger partial charge >= 0.3 is 5.97 Å². The van der Waals surface area contributed by atoms with Crippen molar-refractivity contribution in [2.24, 2.45) is 0 Å². The van der Waals surface area contributed by atoms with E-state index in [1.165, 1.54) is 18.2 Å². The van der Waals surface area contributed by atoms with Gasteiger partial charge in [0.05, 0.1) is 12.7 Å². The van der Waals surface area contributed by atoms with E-state index in [1.54, 1.807) is 24.3 Å². The summed E-state index contributed by atoms with van der Waals surface area (Å²) in [4.78, 5) is 35.8. The molecule has 5 nitrogen and oxygen atoms in total. The van der Waals surface area contributed by atoms with Crippen molar-refractivity contribution in [2.75, 3.05) is 12.4 Å². The zero-order valence-corrected chi connectivity index (χ0v) is 14.7. The molecule has 0 saturated heterocycles. The normalized spacial score (nSPS) is 12.3. The molecule has 1 aliphatic carbocycles. The lowest BCUT2D eigenvalue weighted by Gasteiger charge is -2.07. The van der Waals surface area contributed by atoms with Gasteiger partial charge in [0.25, 0.3) is 0 Å². The predicted octanol–water partition coefficient (Wildman–Crippen LogP) is 3.56. The predicted molar refractivity (Wildman–Crippen MR) is 98.4 cm³/mol. The van der Waals surface area contributed by atoms with E-state index >= 15 is 0 Å². The molecule has 2 aromatic carbocycles. The lowest BCUT2D eigenvalue weighted by atomic mass is 10.0. The van der Waals surface area contributed by atoms with Gasteiger partial charge in [0.15, 0.2) is 5.78 Å². The molecule has 134 valence electrons. The highest BCUT2D eigenvalue weighted by Gasteiger charge is 2.15. The first-order chi connectivity index (χ1) is 12.6. The highest BCUT2D eigenvalue weighted by atomic mass is 16.5. The standard InChI is InChI=1S/C21H21NO4/c1-26-21(25)15-7-9-18(10-8-15)22-20(24)12-11-19(23)17-6-5-14-3-2-4-16(14)13-17/h5-10,13H,2-4,11-12H2,1H3,(H,22,24). The lowest BCUT2D eigenvalue weighted by Crippen LogP contribution is -2.13. The van der Waals surface area contributed by atoms with Crippen LogP contribution in [0.3, 0.4) is 0 Å². The largest absolute Gasteiger partial charge is 0.465 e. The van der Waals surface area contributed by atoms with Crippen molar-refractivity contribution in [1.82, 2.24) is 0 Å². The Labute approximate surface area is 152 Å². The van der Waals surface area contributed by atoms with Crippen molar-refractivity contribution in [3.63, 3.8) is 0 Å². The number of esters is 1. The average molecular weight is 351 g/mol. The number of carbonyl (C=O) groups excluding carboxylic acids is 3. The summed E-state index contributed by atoms with van der Waals surface area (Å²) >= 11 is 0. The van der Waals surface area contributed by atoms with Crippen molar-refractivity contribution < 1.29 is 19.1 Å². The number of anilines is 1. The number of methoxy groups -OCH3 is 1. The van der Waals surface area contributed by atoms with Gasteiger partial charge in [-0.3, -0.25) is 9.59 Å². The summed E-state index contributed by atoms with van der Waals surface area (Å²) in [6, 6.07) is 12.3.